The minimum absolute atomic E-state index is 0.162. The number of hydrogen-bond donors (Lipinski definition) is 1. The highest BCUT2D eigenvalue weighted by atomic mass is 32.1. The Morgan fingerprint density at radius 1 is 1.35 bits per heavy atom. The average Bonchev–Trinajstić information content (AvgIpc) is 2.85. The summed E-state index contributed by atoms with van der Waals surface area (Å²) in [4.78, 5) is 10.9. The van der Waals surface area contributed by atoms with Crippen LogP contribution in [0.3, 0.4) is 0 Å². The van der Waals surface area contributed by atoms with Crippen molar-refractivity contribution in [3.05, 3.63) is 55.8 Å². The highest BCUT2D eigenvalue weighted by molar-refractivity contribution is 7.12. The van der Waals surface area contributed by atoms with Crippen molar-refractivity contribution in [3.63, 3.8) is 0 Å². The van der Waals surface area contributed by atoms with Crippen molar-refractivity contribution in [1.29, 1.82) is 5.26 Å². The SMILES string of the molecule is N#Cc1ccc(CNc2cc([N+](=O)[O-])c(F)cc2F)s1. The fourth-order valence-electron chi connectivity index (χ4n) is 1.53. The standard InChI is InChI=1S/C12H7F2N3O2S/c13-9-3-10(14)12(17(18)19)4-11(9)16-6-8-2-1-7(5-15)20-8/h1-4,16H,6H2. The van der Waals surface area contributed by atoms with Crippen LogP contribution in [0.1, 0.15) is 9.75 Å². The first kappa shape index (κ1) is 13.9. The number of thiophene rings is 1. The van der Waals surface area contributed by atoms with E-state index < -0.39 is 22.2 Å². The van der Waals surface area contributed by atoms with Gasteiger partial charge < -0.3 is 5.32 Å². The summed E-state index contributed by atoms with van der Waals surface area (Å²) < 4.78 is 26.6. The molecule has 0 aliphatic carbocycles. The van der Waals surface area contributed by atoms with Gasteiger partial charge in [-0.3, -0.25) is 10.1 Å². The lowest BCUT2D eigenvalue weighted by molar-refractivity contribution is -0.387. The molecule has 20 heavy (non-hydrogen) atoms. The fraction of sp³-hybridized carbons (Fsp3) is 0.0833. The third kappa shape index (κ3) is 2.89. The number of nitriles is 1. The molecule has 0 spiro atoms. The van der Waals surface area contributed by atoms with Crippen LogP contribution in [0.15, 0.2) is 24.3 Å². The lowest BCUT2D eigenvalue weighted by Gasteiger charge is -2.06. The normalized spacial score (nSPS) is 10.1. The number of rotatable bonds is 4. The molecule has 0 radical (unpaired) electrons. The van der Waals surface area contributed by atoms with Crippen LogP contribution in [0, 0.1) is 33.1 Å². The van der Waals surface area contributed by atoms with E-state index in [2.05, 4.69) is 5.32 Å². The first-order valence-corrected chi connectivity index (χ1v) is 6.19. The van der Waals surface area contributed by atoms with Gasteiger partial charge in [0.05, 0.1) is 10.6 Å². The molecule has 102 valence electrons. The van der Waals surface area contributed by atoms with Crippen molar-refractivity contribution in [2.75, 3.05) is 5.32 Å². The second kappa shape index (κ2) is 5.63. The van der Waals surface area contributed by atoms with Crippen LogP contribution in [0.5, 0.6) is 0 Å². The zero-order chi connectivity index (χ0) is 14.7. The van der Waals surface area contributed by atoms with Gasteiger partial charge in [0.25, 0.3) is 0 Å². The van der Waals surface area contributed by atoms with E-state index in [1.165, 1.54) is 11.3 Å². The fourth-order valence-corrected chi connectivity index (χ4v) is 2.27. The molecule has 0 saturated carbocycles. The number of benzene rings is 1. The summed E-state index contributed by atoms with van der Waals surface area (Å²) in [5.41, 5.74) is -0.956. The summed E-state index contributed by atoms with van der Waals surface area (Å²) >= 11 is 1.22. The van der Waals surface area contributed by atoms with Crippen molar-refractivity contribution in [2.45, 2.75) is 6.54 Å². The highest BCUT2D eigenvalue weighted by Gasteiger charge is 2.18. The molecule has 0 amide bonds. The smallest absolute Gasteiger partial charge is 0.307 e. The molecule has 2 rings (SSSR count). The lowest BCUT2D eigenvalue weighted by Crippen LogP contribution is -2.02. The van der Waals surface area contributed by atoms with Gasteiger partial charge in [-0.15, -0.1) is 11.3 Å². The first-order chi connectivity index (χ1) is 9.51. The van der Waals surface area contributed by atoms with Crippen LogP contribution in [-0.2, 0) is 6.54 Å². The average molecular weight is 295 g/mol. The Balaban J connectivity index is 2.19. The van der Waals surface area contributed by atoms with Crippen molar-refractivity contribution < 1.29 is 13.7 Å². The molecule has 2 aromatic rings. The van der Waals surface area contributed by atoms with E-state index in [1.807, 2.05) is 6.07 Å². The van der Waals surface area contributed by atoms with E-state index in [4.69, 9.17) is 5.26 Å². The molecule has 0 aliphatic heterocycles. The van der Waals surface area contributed by atoms with Crippen molar-refractivity contribution in [3.8, 4) is 6.07 Å². The molecule has 0 saturated heterocycles. The van der Waals surface area contributed by atoms with E-state index >= 15 is 0 Å². The number of hydrogen-bond acceptors (Lipinski definition) is 5. The van der Waals surface area contributed by atoms with Crippen LogP contribution in [0.4, 0.5) is 20.2 Å². The Bertz CT molecular complexity index is 709. The van der Waals surface area contributed by atoms with E-state index in [-0.39, 0.29) is 12.2 Å². The van der Waals surface area contributed by atoms with Gasteiger partial charge in [-0.25, -0.2) is 4.39 Å². The van der Waals surface area contributed by atoms with Gasteiger partial charge >= 0.3 is 5.69 Å². The maximum atomic E-state index is 13.5. The molecule has 0 unspecified atom stereocenters. The molecule has 0 atom stereocenters. The molecule has 5 nitrogen and oxygen atoms in total. The molecule has 0 fully saturated rings. The molecular formula is C12H7F2N3O2S. The van der Waals surface area contributed by atoms with Crippen LogP contribution in [0.2, 0.25) is 0 Å². The van der Waals surface area contributed by atoms with Gasteiger partial charge in [0.2, 0.25) is 5.82 Å². The quantitative estimate of drug-likeness (QED) is 0.692. The maximum Gasteiger partial charge on any atom is 0.307 e. The van der Waals surface area contributed by atoms with Crippen LogP contribution in [0.25, 0.3) is 0 Å². The number of nitro groups is 1. The van der Waals surface area contributed by atoms with Crippen molar-refractivity contribution in [1.82, 2.24) is 0 Å². The Kier molecular flexibility index (Phi) is 3.91. The number of halogens is 2. The Hall–Kier alpha value is -2.53. The topological polar surface area (TPSA) is 79.0 Å². The summed E-state index contributed by atoms with van der Waals surface area (Å²) in [5, 5.41) is 21.9. The second-order valence-corrected chi connectivity index (χ2v) is 4.94. The summed E-state index contributed by atoms with van der Waals surface area (Å²) in [6.07, 6.45) is 0. The third-order valence-corrected chi connectivity index (χ3v) is 3.45. The first-order valence-electron chi connectivity index (χ1n) is 5.37. The summed E-state index contributed by atoms with van der Waals surface area (Å²) in [6.45, 7) is 0.187. The van der Waals surface area contributed by atoms with Gasteiger partial charge in [0, 0.05) is 23.6 Å². The van der Waals surface area contributed by atoms with E-state index in [0.717, 1.165) is 10.9 Å². The Morgan fingerprint density at radius 2 is 2.10 bits per heavy atom. The summed E-state index contributed by atoms with van der Waals surface area (Å²) in [7, 11) is 0. The predicted molar refractivity (Wildman–Crippen MR) is 69.4 cm³/mol. The van der Waals surface area contributed by atoms with Crippen LogP contribution < -0.4 is 5.32 Å². The molecule has 0 aliphatic rings. The second-order valence-electron chi connectivity index (χ2n) is 3.77. The third-order valence-electron chi connectivity index (χ3n) is 2.46. The maximum absolute atomic E-state index is 13.5. The monoisotopic (exact) mass is 295 g/mol. The van der Waals surface area contributed by atoms with Crippen molar-refractivity contribution >= 4 is 22.7 Å². The molecule has 0 bridgehead atoms. The number of anilines is 1. The zero-order valence-electron chi connectivity index (χ0n) is 9.89. The minimum atomic E-state index is -1.22. The van der Waals surface area contributed by atoms with Crippen molar-refractivity contribution in [2.24, 2.45) is 0 Å². The number of nitrogens with one attached hydrogen (secondary N) is 1. The number of nitrogens with zero attached hydrogens (tertiary/aromatic N) is 2. The van der Waals surface area contributed by atoms with E-state index in [9.17, 15) is 18.9 Å². The molecule has 1 aromatic heterocycles. The lowest BCUT2D eigenvalue weighted by atomic mass is 10.2. The summed E-state index contributed by atoms with van der Waals surface area (Å²) in [5.74, 6) is -2.13. The zero-order valence-corrected chi connectivity index (χ0v) is 10.7. The minimum Gasteiger partial charge on any atom is -0.378 e. The molecule has 1 aromatic carbocycles. The van der Waals surface area contributed by atoms with E-state index in [0.29, 0.717) is 10.9 Å². The van der Waals surface area contributed by atoms with Gasteiger partial charge in [0.15, 0.2) is 0 Å². The molecular weight excluding hydrogens is 288 g/mol. The summed E-state index contributed by atoms with van der Waals surface area (Å²) in [6, 6.07) is 6.55. The van der Waals surface area contributed by atoms with Gasteiger partial charge in [0.1, 0.15) is 16.8 Å². The molecule has 1 heterocycles. The van der Waals surface area contributed by atoms with Gasteiger partial charge in [-0.1, -0.05) is 0 Å². The predicted octanol–water partition coefficient (Wildman–Crippen LogP) is 3.42. The van der Waals surface area contributed by atoms with Crippen LogP contribution >= 0.6 is 11.3 Å². The molecule has 8 heteroatoms. The van der Waals surface area contributed by atoms with Crippen LogP contribution in [-0.4, -0.2) is 4.92 Å². The largest absolute Gasteiger partial charge is 0.378 e. The van der Waals surface area contributed by atoms with Gasteiger partial charge in [-0.05, 0) is 12.1 Å². The number of nitro benzene ring substituents is 1. The van der Waals surface area contributed by atoms with E-state index in [1.54, 1.807) is 12.1 Å². The molecule has 1 N–H and O–H groups in total. The Labute approximate surface area is 116 Å². The highest BCUT2D eigenvalue weighted by Crippen LogP contribution is 2.26. The Morgan fingerprint density at radius 3 is 2.70 bits per heavy atom. The van der Waals surface area contributed by atoms with Gasteiger partial charge in [-0.2, -0.15) is 9.65 Å².